The van der Waals surface area contributed by atoms with Gasteiger partial charge in [0.15, 0.2) is 5.96 Å². The molecule has 0 aliphatic carbocycles. The van der Waals surface area contributed by atoms with E-state index in [1.54, 1.807) is 30.3 Å². The summed E-state index contributed by atoms with van der Waals surface area (Å²) in [6.45, 7) is 0. The maximum atomic E-state index is 13.0. The summed E-state index contributed by atoms with van der Waals surface area (Å²) in [6, 6.07) is 11.0. The minimum atomic E-state index is -0.322. The molecule has 9 heteroatoms. The van der Waals surface area contributed by atoms with Gasteiger partial charge in [0, 0.05) is 0 Å². The smallest absolute Gasteiger partial charge is 0.223 e. The molecule has 1 aromatic heterocycles. The Labute approximate surface area is 130 Å². The molecule has 0 atom stereocenters. The number of hydrogen-bond donors (Lipinski definition) is 3. The van der Waals surface area contributed by atoms with Crippen LogP contribution in [0.15, 0.2) is 52.4 Å². The standard InChI is InChI=1S/C14H13FN8/c15-8-1-4-10(5-2-8)23-21-11-6-3-9(7-12(11)22-23)19-14(18)20-13(16)17/h1-7H,(H6,16,17,18,19,20). The molecule has 1 heterocycles. The van der Waals surface area contributed by atoms with E-state index in [2.05, 4.69) is 20.2 Å². The predicted molar refractivity (Wildman–Crippen MR) is 85.9 cm³/mol. The molecule has 3 aromatic rings. The zero-order valence-corrected chi connectivity index (χ0v) is 11.9. The molecule has 0 spiro atoms. The maximum absolute atomic E-state index is 13.0. The van der Waals surface area contributed by atoms with Gasteiger partial charge in [-0.05, 0) is 42.5 Å². The summed E-state index contributed by atoms with van der Waals surface area (Å²) < 4.78 is 13.0. The highest BCUT2D eigenvalue weighted by Crippen LogP contribution is 2.19. The Hall–Kier alpha value is -3.49. The van der Waals surface area contributed by atoms with Crippen LogP contribution in [0.2, 0.25) is 0 Å². The average Bonchev–Trinajstić information content (AvgIpc) is 2.90. The van der Waals surface area contributed by atoms with Crippen molar-refractivity contribution in [2.45, 2.75) is 0 Å². The summed E-state index contributed by atoms with van der Waals surface area (Å²) >= 11 is 0. The van der Waals surface area contributed by atoms with Gasteiger partial charge >= 0.3 is 0 Å². The van der Waals surface area contributed by atoms with Gasteiger partial charge in [0.25, 0.3) is 0 Å². The zero-order chi connectivity index (χ0) is 16.4. The highest BCUT2D eigenvalue weighted by molar-refractivity contribution is 5.94. The Morgan fingerprint density at radius 1 is 0.957 bits per heavy atom. The predicted octanol–water partition coefficient (Wildman–Crippen LogP) is 0.779. The molecule has 0 fully saturated rings. The topological polar surface area (TPSA) is 133 Å². The molecule has 2 aromatic carbocycles. The third kappa shape index (κ3) is 3.23. The van der Waals surface area contributed by atoms with E-state index < -0.39 is 0 Å². The summed E-state index contributed by atoms with van der Waals surface area (Å²) in [4.78, 5) is 9.11. The van der Waals surface area contributed by atoms with Crippen molar-refractivity contribution in [3.63, 3.8) is 0 Å². The summed E-state index contributed by atoms with van der Waals surface area (Å²) in [6.07, 6.45) is 0. The number of nitrogens with two attached hydrogens (primary N) is 3. The van der Waals surface area contributed by atoms with Crippen LogP contribution in [0.1, 0.15) is 0 Å². The number of nitrogens with zero attached hydrogens (tertiary/aromatic N) is 5. The molecule has 3 rings (SSSR count). The third-order valence-electron chi connectivity index (χ3n) is 2.91. The summed E-state index contributed by atoms with van der Waals surface area (Å²) in [5, 5.41) is 8.65. The highest BCUT2D eigenvalue weighted by Gasteiger charge is 2.06. The molecule has 116 valence electrons. The largest absolute Gasteiger partial charge is 0.370 e. The average molecular weight is 312 g/mol. The number of aromatic nitrogens is 3. The lowest BCUT2D eigenvalue weighted by Gasteiger charge is -1.97. The van der Waals surface area contributed by atoms with E-state index in [1.165, 1.54) is 16.9 Å². The highest BCUT2D eigenvalue weighted by atomic mass is 19.1. The van der Waals surface area contributed by atoms with Gasteiger partial charge in [0.1, 0.15) is 16.9 Å². The molecule has 0 saturated heterocycles. The van der Waals surface area contributed by atoms with Crippen LogP contribution in [-0.2, 0) is 0 Å². The minimum Gasteiger partial charge on any atom is -0.370 e. The Bertz CT molecular complexity index is 906. The summed E-state index contributed by atoms with van der Waals surface area (Å²) in [5.41, 5.74) is 18.5. The molecule has 0 aliphatic heterocycles. The van der Waals surface area contributed by atoms with Crippen molar-refractivity contribution >= 4 is 28.6 Å². The van der Waals surface area contributed by atoms with Crippen molar-refractivity contribution in [1.29, 1.82) is 0 Å². The lowest BCUT2D eigenvalue weighted by molar-refractivity contribution is 0.626. The molecule has 0 bridgehead atoms. The van der Waals surface area contributed by atoms with Crippen LogP contribution in [0.3, 0.4) is 0 Å². The van der Waals surface area contributed by atoms with E-state index in [0.29, 0.717) is 22.4 Å². The van der Waals surface area contributed by atoms with Gasteiger partial charge in [-0.2, -0.15) is 9.79 Å². The van der Waals surface area contributed by atoms with Crippen molar-refractivity contribution in [3.8, 4) is 5.69 Å². The molecule has 8 nitrogen and oxygen atoms in total. The Morgan fingerprint density at radius 3 is 2.35 bits per heavy atom. The number of rotatable bonds is 2. The number of fused-ring (bicyclic) bond motifs is 1. The molecule has 0 radical (unpaired) electrons. The van der Waals surface area contributed by atoms with Crippen molar-refractivity contribution < 1.29 is 4.39 Å². The molecular weight excluding hydrogens is 299 g/mol. The van der Waals surface area contributed by atoms with Gasteiger partial charge in [-0.25, -0.2) is 9.38 Å². The van der Waals surface area contributed by atoms with Gasteiger partial charge < -0.3 is 17.2 Å². The number of hydrogen-bond acceptors (Lipinski definition) is 3. The second kappa shape index (κ2) is 5.72. The van der Waals surface area contributed by atoms with Gasteiger partial charge in [-0.3, -0.25) is 0 Å². The van der Waals surface area contributed by atoms with Crippen molar-refractivity contribution in [1.82, 2.24) is 15.0 Å². The number of halogens is 1. The normalized spacial score (nSPS) is 11.6. The quantitative estimate of drug-likeness (QED) is 0.475. The van der Waals surface area contributed by atoms with Gasteiger partial charge in [-0.1, -0.05) is 0 Å². The first-order valence-corrected chi connectivity index (χ1v) is 6.58. The van der Waals surface area contributed by atoms with E-state index in [4.69, 9.17) is 17.2 Å². The first kappa shape index (κ1) is 14.4. The van der Waals surface area contributed by atoms with Crippen molar-refractivity contribution in [2.24, 2.45) is 27.2 Å². The number of aliphatic imine (C=N–C) groups is 2. The Balaban J connectivity index is 1.98. The second-order valence-electron chi connectivity index (χ2n) is 4.65. The zero-order valence-electron chi connectivity index (χ0n) is 11.9. The molecule has 0 amide bonds. The van der Waals surface area contributed by atoms with Crippen LogP contribution in [0.4, 0.5) is 10.1 Å². The van der Waals surface area contributed by atoms with Gasteiger partial charge in [0.2, 0.25) is 5.96 Å². The van der Waals surface area contributed by atoms with E-state index >= 15 is 0 Å². The van der Waals surface area contributed by atoms with E-state index in [1.807, 2.05) is 0 Å². The van der Waals surface area contributed by atoms with E-state index in [-0.39, 0.29) is 17.7 Å². The van der Waals surface area contributed by atoms with E-state index in [9.17, 15) is 4.39 Å². The molecule has 6 N–H and O–H groups in total. The summed E-state index contributed by atoms with van der Waals surface area (Å²) in [7, 11) is 0. The van der Waals surface area contributed by atoms with Gasteiger partial charge in [-0.15, -0.1) is 10.2 Å². The minimum absolute atomic E-state index is 0.0599. The maximum Gasteiger partial charge on any atom is 0.223 e. The van der Waals surface area contributed by atoms with Crippen LogP contribution in [0.5, 0.6) is 0 Å². The summed E-state index contributed by atoms with van der Waals surface area (Å²) in [5.74, 6) is -0.554. The Morgan fingerprint density at radius 2 is 1.65 bits per heavy atom. The fourth-order valence-electron chi connectivity index (χ4n) is 1.95. The molecule has 0 aliphatic rings. The fraction of sp³-hybridized carbons (Fsp3) is 0. The SMILES string of the molecule is NC(N)=NC(N)=Nc1ccc2nn(-c3ccc(F)cc3)nc2c1. The van der Waals surface area contributed by atoms with Crippen LogP contribution < -0.4 is 17.2 Å². The monoisotopic (exact) mass is 312 g/mol. The lowest BCUT2D eigenvalue weighted by Crippen LogP contribution is -2.26. The number of benzene rings is 2. The van der Waals surface area contributed by atoms with Crippen LogP contribution in [0.25, 0.3) is 16.7 Å². The van der Waals surface area contributed by atoms with Crippen molar-refractivity contribution in [2.75, 3.05) is 0 Å². The van der Waals surface area contributed by atoms with Crippen LogP contribution in [0, 0.1) is 5.82 Å². The molecule has 0 unspecified atom stereocenters. The third-order valence-corrected chi connectivity index (χ3v) is 2.91. The van der Waals surface area contributed by atoms with Crippen LogP contribution >= 0.6 is 0 Å². The second-order valence-corrected chi connectivity index (χ2v) is 4.65. The first-order chi connectivity index (χ1) is 11.0. The Kier molecular flexibility index (Phi) is 3.59. The van der Waals surface area contributed by atoms with Crippen molar-refractivity contribution in [3.05, 3.63) is 48.3 Å². The number of guanidine groups is 2. The molecular formula is C14H13FN8. The lowest BCUT2D eigenvalue weighted by atomic mass is 10.3. The first-order valence-electron chi connectivity index (χ1n) is 6.58. The van der Waals surface area contributed by atoms with E-state index in [0.717, 1.165) is 0 Å². The van der Waals surface area contributed by atoms with Crippen LogP contribution in [-0.4, -0.2) is 26.9 Å². The molecule has 23 heavy (non-hydrogen) atoms. The molecule has 0 saturated carbocycles. The van der Waals surface area contributed by atoms with Gasteiger partial charge in [0.05, 0.1) is 11.4 Å². The fourth-order valence-corrected chi connectivity index (χ4v) is 1.95.